The summed E-state index contributed by atoms with van der Waals surface area (Å²) in [6.07, 6.45) is 11.6. The van der Waals surface area contributed by atoms with Crippen LogP contribution in [0.1, 0.15) is 34.1 Å². The maximum absolute atomic E-state index is 5.72. The van der Waals surface area contributed by atoms with Crippen molar-refractivity contribution in [1.29, 1.82) is 0 Å². The molecular weight excluding hydrogens is 170 g/mol. The summed E-state index contributed by atoms with van der Waals surface area (Å²) in [5.74, 6) is 0. The molecule has 0 saturated heterocycles. The lowest BCUT2D eigenvalue weighted by Crippen LogP contribution is -2.23. The predicted octanol–water partition coefficient (Wildman–Crippen LogP) is 3.44. The van der Waals surface area contributed by atoms with Gasteiger partial charge in [-0.1, -0.05) is 49.8 Å². The highest BCUT2D eigenvalue weighted by Crippen LogP contribution is 2.21. The lowest BCUT2D eigenvalue weighted by molar-refractivity contribution is 0.424. The largest absolute Gasteiger partial charge is 0.330 e. The zero-order valence-electron chi connectivity index (χ0n) is 9.88. The first kappa shape index (κ1) is 13.2. The Kier molecular flexibility index (Phi) is 6.22. The second-order valence-corrected chi connectivity index (χ2v) is 3.98. The van der Waals surface area contributed by atoms with E-state index in [-0.39, 0.29) is 5.41 Å². The number of allylic oxidation sites excluding steroid dienone is 5. The molecule has 0 heterocycles. The highest BCUT2D eigenvalue weighted by molar-refractivity contribution is 5.22. The van der Waals surface area contributed by atoms with Crippen molar-refractivity contribution >= 4 is 0 Å². The first-order valence-corrected chi connectivity index (χ1v) is 5.27. The Bertz CT molecular complexity index is 230. The van der Waals surface area contributed by atoms with Gasteiger partial charge in [0, 0.05) is 6.54 Å². The van der Waals surface area contributed by atoms with Crippen molar-refractivity contribution in [3.63, 3.8) is 0 Å². The van der Waals surface area contributed by atoms with Crippen molar-refractivity contribution in [2.45, 2.75) is 34.1 Å². The molecular formula is C13H23N. The standard InChI is InChI=1S/C13H23N/c1-5-7-8-12(3)9-10-13(4,6-2)11-14/h5,7-10H,6,11,14H2,1-4H3/b7-5+,10-9+,12-8-. The number of hydrogen-bond donors (Lipinski definition) is 1. The fraction of sp³-hybridized carbons (Fsp3) is 0.538. The van der Waals surface area contributed by atoms with Gasteiger partial charge in [-0.05, 0) is 25.7 Å². The molecule has 1 atom stereocenters. The second-order valence-electron chi connectivity index (χ2n) is 3.98. The van der Waals surface area contributed by atoms with E-state index in [1.165, 1.54) is 5.57 Å². The van der Waals surface area contributed by atoms with Gasteiger partial charge in [0.15, 0.2) is 0 Å². The van der Waals surface area contributed by atoms with Crippen molar-refractivity contribution in [3.05, 3.63) is 36.0 Å². The summed E-state index contributed by atoms with van der Waals surface area (Å²) in [5, 5.41) is 0. The van der Waals surface area contributed by atoms with Crippen molar-refractivity contribution in [3.8, 4) is 0 Å². The minimum atomic E-state index is 0.144. The van der Waals surface area contributed by atoms with Gasteiger partial charge < -0.3 is 5.73 Å². The summed E-state index contributed by atoms with van der Waals surface area (Å²) >= 11 is 0. The van der Waals surface area contributed by atoms with E-state index in [2.05, 4.69) is 39.0 Å². The summed E-state index contributed by atoms with van der Waals surface area (Å²) in [5.41, 5.74) is 7.12. The van der Waals surface area contributed by atoms with E-state index in [4.69, 9.17) is 5.73 Å². The molecule has 0 spiro atoms. The van der Waals surface area contributed by atoms with Gasteiger partial charge in [0.05, 0.1) is 0 Å². The quantitative estimate of drug-likeness (QED) is 0.665. The zero-order valence-corrected chi connectivity index (χ0v) is 9.88. The van der Waals surface area contributed by atoms with Crippen LogP contribution in [0.5, 0.6) is 0 Å². The predicted molar refractivity (Wildman–Crippen MR) is 65.2 cm³/mol. The molecule has 0 aromatic heterocycles. The van der Waals surface area contributed by atoms with Crippen LogP contribution < -0.4 is 5.73 Å². The van der Waals surface area contributed by atoms with Crippen LogP contribution in [0.3, 0.4) is 0 Å². The Hall–Kier alpha value is -0.820. The van der Waals surface area contributed by atoms with Crippen LogP contribution in [0.2, 0.25) is 0 Å². The van der Waals surface area contributed by atoms with Gasteiger partial charge in [0.25, 0.3) is 0 Å². The van der Waals surface area contributed by atoms with Gasteiger partial charge in [0.1, 0.15) is 0 Å². The Labute approximate surface area is 88.4 Å². The second kappa shape index (κ2) is 6.61. The van der Waals surface area contributed by atoms with Crippen LogP contribution in [0.15, 0.2) is 36.0 Å². The molecule has 0 aliphatic rings. The van der Waals surface area contributed by atoms with Gasteiger partial charge in [-0.2, -0.15) is 0 Å². The molecule has 0 bridgehead atoms. The van der Waals surface area contributed by atoms with Gasteiger partial charge in [-0.3, -0.25) is 0 Å². The van der Waals surface area contributed by atoms with Crippen molar-refractivity contribution in [2.75, 3.05) is 6.54 Å². The molecule has 0 rings (SSSR count). The monoisotopic (exact) mass is 193 g/mol. The molecule has 1 unspecified atom stereocenters. The third kappa shape index (κ3) is 5.03. The average Bonchev–Trinajstić information content (AvgIpc) is 2.23. The normalized spacial score (nSPS) is 17.9. The molecule has 0 aliphatic carbocycles. The minimum absolute atomic E-state index is 0.144. The molecule has 0 amide bonds. The Morgan fingerprint density at radius 1 is 1.43 bits per heavy atom. The minimum Gasteiger partial charge on any atom is -0.330 e. The third-order valence-electron chi connectivity index (χ3n) is 2.57. The lowest BCUT2D eigenvalue weighted by atomic mass is 9.87. The van der Waals surface area contributed by atoms with E-state index in [1.54, 1.807) is 0 Å². The molecule has 1 nitrogen and oxygen atoms in total. The molecule has 80 valence electrons. The highest BCUT2D eigenvalue weighted by atomic mass is 14.6. The summed E-state index contributed by atoms with van der Waals surface area (Å²) < 4.78 is 0. The first-order valence-electron chi connectivity index (χ1n) is 5.27. The van der Waals surface area contributed by atoms with Crippen molar-refractivity contribution in [1.82, 2.24) is 0 Å². The van der Waals surface area contributed by atoms with Crippen LogP contribution in [0.4, 0.5) is 0 Å². The SMILES string of the molecule is C/C=C/C=C(C)\C=C\C(C)(CC)CN. The van der Waals surface area contributed by atoms with E-state index in [1.807, 2.05) is 19.1 Å². The molecule has 0 aromatic rings. The summed E-state index contributed by atoms with van der Waals surface area (Å²) in [7, 11) is 0. The first-order chi connectivity index (χ1) is 6.58. The maximum atomic E-state index is 5.72. The fourth-order valence-electron chi connectivity index (χ4n) is 0.966. The molecule has 14 heavy (non-hydrogen) atoms. The number of hydrogen-bond acceptors (Lipinski definition) is 1. The van der Waals surface area contributed by atoms with Gasteiger partial charge in [-0.25, -0.2) is 0 Å². The van der Waals surface area contributed by atoms with E-state index in [0.717, 1.165) is 6.42 Å². The molecule has 2 N–H and O–H groups in total. The number of nitrogens with two attached hydrogens (primary N) is 1. The van der Waals surface area contributed by atoms with Gasteiger partial charge in [-0.15, -0.1) is 0 Å². The maximum Gasteiger partial charge on any atom is 0.00115 e. The molecule has 0 radical (unpaired) electrons. The molecule has 0 aromatic carbocycles. The van der Waals surface area contributed by atoms with E-state index in [9.17, 15) is 0 Å². The van der Waals surface area contributed by atoms with E-state index >= 15 is 0 Å². The Morgan fingerprint density at radius 2 is 2.07 bits per heavy atom. The molecule has 0 saturated carbocycles. The average molecular weight is 193 g/mol. The van der Waals surface area contributed by atoms with E-state index < -0.39 is 0 Å². The summed E-state index contributed by atoms with van der Waals surface area (Å²) in [6.45, 7) is 9.18. The van der Waals surface area contributed by atoms with Crippen LogP contribution in [-0.4, -0.2) is 6.54 Å². The van der Waals surface area contributed by atoms with Crippen LogP contribution >= 0.6 is 0 Å². The summed E-state index contributed by atoms with van der Waals surface area (Å²) in [4.78, 5) is 0. The molecule has 1 heteroatoms. The van der Waals surface area contributed by atoms with Crippen molar-refractivity contribution < 1.29 is 0 Å². The fourth-order valence-corrected chi connectivity index (χ4v) is 0.966. The Morgan fingerprint density at radius 3 is 2.50 bits per heavy atom. The lowest BCUT2D eigenvalue weighted by Gasteiger charge is -2.21. The smallest absolute Gasteiger partial charge is 0.00115 e. The summed E-state index contributed by atoms with van der Waals surface area (Å²) in [6, 6.07) is 0. The topological polar surface area (TPSA) is 26.0 Å². The molecule has 0 fully saturated rings. The van der Waals surface area contributed by atoms with Crippen LogP contribution in [0, 0.1) is 5.41 Å². The van der Waals surface area contributed by atoms with Gasteiger partial charge >= 0.3 is 0 Å². The number of rotatable bonds is 5. The van der Waals surface area contributed by atoms with Crippen molar-refractivity contribution in [2.24, 2.45) is 11.1 Å². The van der Waals surface area contributed by atoms with Crippen LogP contribution in [0.25, 0.3) is 0 Å². The Balaban J connectivity index is 4.41. The third-order valence-corrected chi connectivity index (χ3v) is 2.57. The zero-order chi connectivity index (χ0) is 11.0. The van der Waals surface area contributed by atoms with Crippen LogP contribution in [-0.2, 0) is 0 Å². The molecule has 0 aliphatic heterocycles. The van der Waals surface area contributed by atoms with Gasteiger partial charge in [0.2, 0.25) is 0 Å². The highest BCUT2D eigenvalue weighted by Gasteiger charge is 2.14. The van der Waals surface area contributed by atoms with E-state index in [0.29, 0.717) is 6.54 Å².